The summed E-state index contributed by atoms with van der Waals surface area (Å²) in [4.78, 5) is 14.7. The Kier molecular flexibility index (Phi) is 5.56. The summed E-state index contributed by atoms with van der Waals surface area (Å²) in [5, 5.41) is 3.20. The van der Waals surface area contributed by atoms with Crippen molar-refractivity contribution in [1.29, 1.82) is 0 Å². The summed E-state index contributed by atoms with van der Waals surface area (Å²) < 4.78 is 5.25. The molecule has 0 aromatic heterocycles. The minimum Gasteiger partial charge on any atom is -0.497 e. The molecule has 2 aromatic rings. The van der Waals surface area contributed by atoms with Gasteiger partial charge in [-0.1, -0.05) is 42.5 Å². The van der Waals surface area contributed by atoms with Crippen LogP contribution in [0, 0.1) is 5.92 Å². The second-order valence-corrected chi connectivity index (χ2v) is 8.29. The average Bonchev–Trinajstić information content (AvgIpc) is 3.55. The van der Waals surface area contributed by atoms with E-state index in [1.54, 1.807) is 7.11 Å². The van der Waals surface area contributed by atoms with Gasteiger partial charge in [-0.15, -0.1) is 0 Å². The minimum absolute atomic E-state index is 0.0953. The zero-order chi connectivity index (χ0) is 19.4. The van der Waals surface area contributed by atoms with Gasteiger partial charge >= 0.3 is 6.03 Å². The molecule has 148 valence electrons. The van der Waals surface area contributed by atoms with Gasteiger partial charge in [0.15, 0.2) is 0 Å². The zero-order valence-electron chi connectivity index (χ0n) is 16.7. The number of carbonyl (C=O) groups is 1. The second kappa shape index (κ2) is 8.26. The Morgan fingerprint density at radius 3 is 2.36 bits per heavy atom. The Labute approximate surface area is 167 Å². The summed E-state index contributed by atoms with van der Waals surface area (Å²) in [6.45, 7) is 2.44. The molecule has 2 aromatic carbocycles. The van der Waals surface area contributed by atoms with Gasteiger partial charge in [-0.3, -0.25) is 0 Å². The van der Waals surface area contributed by atoms with Gasteiger partial charge in [0.05, 0.1) is 7.11 Å². The van der Waals surface area contributed by atoms with Gasteiger partial charge in [-0.25, -0.2) is 4.79 Å². The quantitative estimate of drug-likeness (QED) is 0.810. The van der Waals surface area contributed by atoms with Crippen molar-refractivity contribution in [3.05, 3.63) is 65.7 Å². The maximum Gasteiger partial charge on any atom is 0.317 e. The van der Waals surface area contributed by atoms with Gasteiger partial charge in [0.25, 0.3) is 0 Å². The summed E-state index contributed by atoms with van der Waals surface area (Å²) >= 11 is 0. The van der Waals surface area contributed by atoms with Crippen LogP contribution in [0.15, 0.2) is 54.6 Å². The summed E-state index contributed by atoms with van der Waals surface area (Å²) in [5.74, 6) is 1.56. The molecule has 4 nitrogen and oxygen atoms in total. The van der Waals surface area contributed by atoms with Crippen LogP contribution in [0.5, 0.6) is 5.75 Å². The Morgan fingerprint density at radius 2 is 1.75 bits per heavy atom. The number of hydrogen-bond acceptors (Lipinski definition) is 2. The van der Waals surface area contributed by atoms with E-state index in [0.29, 0.717) is 5.92 Å². The van der Waals surface area contributed by atoms with Crippen LogP contribution in [0.1, 0.15) is 36.8 Å². The van der Waals surface area contributed by atoms with Crippen molar-refractivity contribution in [3.8, 4) is 5.75 Å². The van der Waals surface area contributed by atoms with E-state index in [-0.39, 0.29) is 11.4 Å². The van der Waals surface area contributed by atoms with E-state index in [4.69, 9.17) is 4.74 Å². The lowest BCUT2D eigenvalue weighted by molar-refractivity contribution is 0.169. The third kappa shape index (κ3) is 4.32. The molecule has 0 spiro atoms. The van der Waals surface area contributed by atoms with E-state index in [1.165, 1.54) is 11.1 Å². The number of rotatable bonds is 6. The number of benzene rings is 2. The summed E-state index contributed by atoms with van der Waals surface area (Å²) in [5.41, 5.74) is 2.82. The van der Waals surface area contributed by atoms with Gasteiger partial charge in [0.1, 0.15) is 5.75 Å². The third-order valence-corrected chi connectivity index (χ3v) is 6.40. The molecular weight excluding hydrogens is 348 g/mol. The molecule has 4 heteroatoms. The standard InChI is InChI=1S/C24H30N2O2/c1-28-22-9-7-21(8-10-22)24(13-14-24)18-25-23(27)26-15-11-20(12-16-26)17-19-5-3-2-4-6-19/h2-10,20H,11-18H2,1H3,(H,25,27). The lowest BCUT2D eigenvalue weighted by Crippen LogP contribution is -2.46. The highest BCUT2D eigenvalue weighted by Crippen LogP contribution is 2.47. The fourth-order valence-corrected chi connectivity index (χ4v) is 4.31. The molecule has 0 radical (unpaired) electrons. The lowest BCUT2D eigenvalue weighted by Gasteiger charge is -2.32. The molecule has 2 aliphatic rings. The van der Waals surface area contributed by atoms with Gasteiger partial charge < -0.3 is 15.0 Å². The van der Waals surface area contributed by atoms with Crippen LogP contribution in [0.2, 0.25) is 0 Å². The first kappa shape index (κ1) is 18.9. The zero-order valence-corrected chi connectivity index (χ0v) is 16.7. The number of carbonyl (C=O) groups excluding carboxylic acids is 1. The first-order valence-corrected chi connectivity index (χ1v) is 10.4. The molecule has 1 aliphatic carbocycles. The highest BCUT2D eigenvalue weighted by molar-refractivity contribution is 5.74. The van der Waals surface area contributed by atoms with Crippen LogP contribution in [-0.2, 0) is 11.8 Å². The highest BCUT2D eigenvalue weighted by Gasteiger charge is 2.44. The molecule has 1 saturated carbocycles. The van der Waals surface area contributed by atoms with E-state index in [2.05, 4.69) is 47.8 Å². The Hall–Kier alpha value is -2.49. The molecule has 2 fully saturated rings. The van der Waals surface area contributed by atoms with E-state index >= 15 is 0 Å². The van der Waals surface area contributed by atoms with Gasteiger partial charge in [-0.05, 0) is 61.3 Å². The molecule has 0 unspecified atom stereocenters. The molecule has 28 heavy (non-hydrogen) atoms. The van der Waals surface area contributed by atoms with Crippen LogP contribution in [-0.4, -0.2) is 37.7 Å². The largest absolute Gasteiger partial charge is 0.497 e. The molecule has 1 saturated heterocycles. The van der Waals surface area contributed by atoms with Crippen molar-refractivity contribution in [3.63, 3.8) is 0 Å². The van der Waals surface area contributed by atoms with Gasteiger partial charge in [0.2, 0.25) is 0 Å². The number of nitrogens with zero attached hydrogens (tertiary/aromatic N) is 1. The Bertz CT molecular complexity index is 776. The highest BCUT2D eigenvalue weighted by atomic mass is 16.5. The fraction of sp³-hybridized carbons (Fsp3) is 0.458. The van der Waals surface area contributed by atoms with Gasteiger partial charge in [-0.2, -0.15) is 0 Å². The molecule has 1 aliphatic heterocycles. The second-order valence-electron chi connectivity index (χ2n) is 8.29. The number of piperidine rings is 1. The van der Waals surface area contributed by atoms with Crippen molar-refractivity contribution in [2.75, 3.05) is 26.7 Å². The molecule has 0 bridgehead atoms. The lowest BCUT2D eigenvalue weighted by atomic mass is 9.90. The average molecular weight is 379 g/mol. The van der Waals surface area contributed by atoms with Crippen molar-refractivity contribution < 1.29 is 9.53 Å². The molecule has 4 rings (SSSR count). The smallest absolute Gasteiger partial charge is 0.317 e. The molecule has 0 atom stereocenters. The van der Waals surface area contributed by atoms with Crippen LogP contribution in [0.4, 0.5) is 4.79 Å². The van der Waals surface area contributed by atoms with Crippen molar-refractivity contribution >= 4 is 6.03 Å². The van der Waals surface area contributed by atoms with Crippen LogP contribution in [0.25, 0.3) is 0 Å². The van der Waals surface area contributed by atoms with E-state index in [1.807, 2.05) is 17.0 Å². The van der Waals surface area contributed by atoms with Crippen molar-refractivity contribution in [2.45, 2.75) is 37.5 Å². The Morgan fingerprint density at radius 1 is 1.07 bits per heavy atom. The number of hydrogen-bond donors (Lipinski definition) is 1. The first-order valence-electron chi connectivity index (χ1n) is 10.4. The Balaban J connectivity index is 1.24. The van der Waals surface area contributed by atoms with E-state index in [0.717, 1.165) is 57.5 Å². The number of likely N-dealkylation sites (tertiary alicyclic amines) is 1. The first-order chi connectivity index (χ1) is 13.7. The predicted octanol–water partition coefficient (Wildman–Crippen LogP) is 4.39. The topological polar surface area (TPSA) is 41.6 Å². The normalized spacial score (nSPS) is 18.5. The maximum atomic E-state index is 12.7. The summed E-state index contributed by atoms with van der Waals surface area (Å²) in [6, 6.07) is 19.1. The number of nitrogens with one attached hydrogen (secondary N) is 1. The van der Waals surface area contributed by atoms with Crippen molar-refractivity contribution in [2.24, 2.45) is 5.92 Å². The van der Waals surface area contributed by atoms with Crippen LogP contribution in [0.3, 0.4) is 0 Å². The van der Waals surface area contributed by atoms with E-state index in [9.17, 15) is 4.79 Å². The number of amides is 2. The SMILES string of the molecule is COc1ccc(C2(CNC(=O)N3CCC(Cc4ccccc4)CC3)CC2)cc1. The fourth-order valence-electron chi connectivity index (χ4n) is 4.31. The van der Waals surface area contributed by atoms with Gasteiger partial charge in [0, 0.05) is 25.0 Å². The predicted molar refractivity (Wildman–Crippen MR) is 112 cm³/mol. The van der Waals surface area contributed by atoms with Crippen LogP contribution >= 0.6 is 0 Å². The number of methoxy groups -OCH3 is 1. The molecule has 1 N–H and O–H groups in total. The maximum absolute atomic E-state index is 12.7. The summed E-state index contributed by atoms with van der Waals surface area (Å²) in [7, 11) is 1.69. The molecule has 1 heterocycles. The minimum atomic E-state index is 0.0953. The van der Waals surface area contributed by atoms with E-state index < -0.39 is 0 Å². The number of urea groups is 1. The van der Waals surface area contributed by atoms with Crippen LogP contribution < -0.4 is 10.1 Å². The molecular formula is C24H30N2O2. The summed E-state index contributed by atoms with van der Waals surface area (Å²) in [6.07, 6.45) is 5.58. The third-order valence-electron chi connectivity index (χ3n) is 6.40. The molecule has 2 amide bonds. The monoisotopic (exact) mass is 378 g/mol. The van der Waals surface area contributed by atoms with Crippen molar-refractivity contribution in [1.82, 2.24) is 10.2 Å². The number of ether oxygens (including phenoxy) is 1.